The molecular weight excluding hydrogens is 156 g/mol. The minimum Gasteiger partial charge on any atom is -0.508 e. The third kappa shape index (κ3) is 2.15. The Kier molecular flexibility index (Phi) is 2.83. The molecule has 1 nitrogen and oxygen atoms in total. The van der Waals surface area contributed by atoms with E-state index in [9.17, 15) is 0 Å². The van der Waals surface area contributed by atoms with Gasteiger partial charge in [0.25, 0.3) is 0 Å². The molecule has 1 aromatic carbocycles. The summed E-state index contributed by atoms with van der Waals surface area (Å²) in [4.78, 5) is 1.25. The van der Waals surface area contributed by atoms with Gasteiger partial charge < -0.3 is 5.11 Å². The molecule has 0 aliphatic rings. The predicted octanol–water partition coefficient (Wildman–Crippen LogP) is 2.81. The Balaban J connectivity index is 2.90. The average molecular weight is 168 g/mol. The highest BCUT2D eigenvalue weighted by atomic mass is 32.2. The quantitative estimate of drug-likeness (QED) is 0.685. The van der Waals surface area contributed by atoms with Gasteiger partial charge in [0, 0.05) is 4.90 Å². The molecule has 0 unspecified atom stereocenters. The third-order valence-corrected chi connectivity index (χ3v) is 2.52. The summed E-state index contributed by atoms with van der Waals surface area (Å²) in [5, 5.41) is 9.10. The lowest BCUT2D eigenvalue weighted by molar-refractivity contribution is 0.474. The first kappa shape index (κ1) is 8.47. The number of hydrogen-bond acceptors (Lipinski definition) is 2. The van der Waals surface area contributed by atoms with Crippen LogP contribution >= 0.6 is 11.8 Å². The van der Waals surface area contributed by atoms with Crippen LogP contribution in [0.5, 0.6) is 5.75 Å². The fraction of sp³-hybridized carbons (Fsp3) is 0.333. The van der Waals surface area contributed by atoms with Gasteiger partial charge in [0.05, 0.1) is 0 Å². The van der Waals surface area contributed by atoms with Crippen molar-refractivity contribution in [3.63, 3.8) is 0 Å². The van der Waals surface area contributed by atoms with Gasteiger partial charge in [-0.15, -0.1) is 11.8 Å². The van der Waals surface area contributed by atoms with Crippen LogP contribution in [0.15, 0.2) is 23.1 Å². The minimum absolute atomic E-state index is 0.350. The molecule has 1 N–H and O–H groups in total. The highest BCUT2D eigenvalue weighted by Crippen LogP contribution is 2.24. The molecular formula is C9H12OS. The highest BCUT2D eigenvalue weighted by Gasteiger charge is 1.97. The van der Waals surface area contributed by atoms with Crippen molar-refractivity contribution in [2.24, 2.45) is 0 Å². The van der Waals surface area contributed by atoms with Gasteiger partial charge in [-0.1, -0.05) is 6.92 Å². The molecule has 0 heterocycles. The lowest BCUT2D eigenvalue weighted by atomic mass is 10.2. The van der Waals surface area contributed by atoms with Gasteiger partial charge in [0.2, 0.25) is 0 Å². The van der Waals surface area contributed by atoms with Crippen LogP contribution in [0, 0.1) is 6.92 Å². The molecule has 0 fully saturated rings. The van der Waals surface area contributed by atoms with Gasteiger partial charge in [-0.25, -0.2) is 0 Å². The van der Waals surface area contributed by atoms with E-state index in [2.05, 4.69) is 6.92 Å². The van der Waals surface area contributed by atoms with E-state index in [-0.39, 0.29) is 0 Å². The molecule has 0 aliphatic heterocycles. The fourth-order valence-corrected chi connectivity index (χ4v) is 1.71. The fourth-order valence-electron chi connectivity index (χ4n) is 0.951. The van der Waals surface area contributed by atoms with E-state index in [1.807, 2.05) is 13.0 Å². The Morgan fingerprint density at radius 3 is 2.73 bits per heavy atom. The summed E-state index contributed by atoms with van der Waals surface area (Å²) in [5.74, 6) is 1.42. The van der Waals surface area contributed by atoms with Crippen molar-refractivity contribution in [1.82, 2.24) is 0 Å². The molecule has 11 heavy (non-hydrogen) atoms. The van der Waals surface area contributed by atoms with E-state index < -0.39 is 0 Å². The molecule has 0 amide bonds. The zero-order valence-electron chi connectivity index (χ0n) is 6.79. The van der Waals surface area contributed by atoms with E-state index in [1.165, 1.54) is 4.90 Å². The minimum atomic E-state index is 0.350. The number of aromatic hydroxyl groups is 1. The molecule has 2 heteroatoms. The molecule has 1 aromatic rings. The smallest absolute Gasteiger partial charge is 0.115 e. The molecule has 0 aromatic heterocycles. The van der Waals surface area contributed by atoms with Gasteiger partial charge in [-0.3, -0.25) is 0 Å². The Morgan fingerprint density at radius 1 is 1.45 bits per heavy atom. The van der Waals surface area contributed by atoms with Crippen molar-refractivity contribution in [2.45, 2.75) is 18.7 Å². The van der Waals surface area contributed by atoms with Gasteiger partial charge >= 0.3 is 0 Å². The van der Waals surface area contributed by atoms with Gasteiger partial charge in [0.15, 0.2) is 0 Å². The molecule has 1 rings (SSSR count). The molecule has 0 aliphatic carbocycles. The van der Waals surface area contributed by atoms with Crippen molar-refractivity contribution >= 4 is 11.8 Å². The second-order valence-electron chi connectivity index (χ2n) is 2.38. The van der Waals surface area contributed by atoms with E-state index in [0.29, 0.717) is 5.75 Å². The van der Waals surface area contributed by atoms with E-state index in [1.54, 1.807) is 23.9 Å². The summed E-state index contributed by atoms with van der Waals surface area (Å²) in [7, 11) is 0. The summed E-state index contributed by atoms with van der Waals surface area (Å²) in [6.45, 7) is 4.13. The van der Waals surface area contributed by atoms with Crippen LogP contribution in [-0.4, -0.2) is 10.9 Å². The normalized spacial score (nSPS) is 10.0. The third-order valence-electron chi connectivity index (χ3n) is 1.46. The molecule has 0 radical (unpaired) electrons. The van der Waals surface area contributed by atoms with Crippen LogP contribution in [-0.2, 0) is 0 Å². The van der Waals surface area contributed by atoms with Crippen molar-refractivity contribution in [2.75, 3.05) is 5.75 Å². The standard InChI is InChI=1S/C9H12OS/c1-3-11-9-5-4-8(10)6-7(9)2/h4-6,10H,3H2,1-2H3. The number of phenolic OH excluding ortho intramolecular Hbond substituents is 1. The molecule has 0 saturated heterocycles. The Morgan fingerprint density at radius 2 is 2.18 bits per heavy atom. The zero-order chi connectivity index (χ0) is 8.27. The molecule has 0 saturated carbocycles. The number of benzene rings is 1. The average Bonchev–Trinajstić information content (AvgIpc) is 1.95. The van der Waals surface area contributed by atoms with Crippen LogP contribution in [0.1, 0.15) is 12.5 Å². The van der Waals surface area contributed by atoms with E-state index in [4.69, 9.17) is 5.11 Å². The Labute approximate surface area is 71.4 Å². The molecule has 0 atom stereocenters. The van der Waals surface area contributed by atoms with Crippen molar-refractivity contribution in [1.29, 1.82) is 0 Å². The van der Waals surface area contributed by atoms with Crippen LogP contribution in [0.3, 0.4) is 0 Å². The predicted molar refractivity (Wildman–Crippen MR) is 49.2 cm³/mol. The second-order valence-corrected chi connectivity index (χ2v) is 3.69. The lowest BCUT2D eigenvalue weighted by Crippen LogP contribution is -1.78. The molecule has 0 bridgehead atoms. The number of hydrogen-bond donors (Lipinski definition) is 1. The number of aryl methyl sites for hydroxylation is 1. The van der Waals surface area contributed by atoms with Crippen LogP contribution in [0.2, 0.25) is 0 Å². The summed E-state index contributed by atoms with van der Waals surface area (Å²) >= 11 is 1.80. The van der Waals surface area contributed by atoms with Gasteiger partial charge in [-0.2, -0.15) is 0 Å². The number of thioether (sulfide) groups is 1. The van der Waals surface area contributed by atoms with E-state index in [0.717, 1.165) is 11.3 Å². The largest absolute Gasteiger partial charge is 0.508 e. The van der Waals surface area contributed by atoms with Crippen molar-refractivity contribution < 1.29 is 5.11 Å². The Hall–Kier alpha value is -0.630. The monoisotopic (exact) mass is 168 g/mol. The van der Waals surface area contributed by atoms with E-state index >= 15 is 0 Å². The number of rotatable bonds is 2. The van der Waals surface area contributed by atoms with Crippen LogP contribution in [0.4, 0.5) is 0 Å². The van der Waals surface area contributed by atoms with Crippen LogP contribution < -0.4 is 0 Å². The first-order valence-electron chi connectivity index (χ1n) is 3.66. The van der Waals surface area contributed by atoms with Crippen LogP contribution in [0.25, 0.3) is 0 Å². The molecule has 0 spiro atoms. The summed E-state index contributed by atoms with van der Waals surface area (Å²) < 4.78 is 0. The highest BCUT2D eigenvalue weighted by molar-refractivity contribution is 7.99. The van der Waals surface area contributed by atoms with Gasteiger partial charge in [0.1, 0.15) is 5.75 Å². The Bertz CT molecular complexity index is 245. The summed E-state index contributed by atoms with van der Waals surface area (Å²) in [6, 6.07) is 5.47. The first-order valence-corrected chi connectivity index (χ1v) is 4.65. The maximum absolute atomic E-state index is 9.10. The number of phenols is 1. The maximum atomic E-state index is 9.10. The SMILES string of the molecule is CCSc1ccc(O)cc1C. The summed E-state index contributed by atoms with van der Waals surface area (Å²) in [6.07, 6.45) is 0. The zero-order valence-corrected chi connectivity index (χ0v) is 7.61. The van der Waals surface area contributed by atoms with Gasteiger partial charge in [-0.05, 0) is 36.4 Å². The second kappa shape index (κ2) is 3.67. The lowest BCUT2D eigenvalue weighted by Gasteiger charge is -2.02. The summed E-state index contributed by atoms with van der Waals surface area (Å²) in [5.41, 5.74) is 1.15. The first-order chi connectivity index (χ1) is 5.24. The molecule has 60 valence electrons. The van der Waals surface area contributed by atoms with Crippen molar-refractivity contribution in [3.05, 3.63) is 23.8 Å². The van der Waals surface area contributed by atoms with Crippen molar-refractivity contribution in [3.8, 4) is 5.75 Å². The topological polar surface area (TPSA) is 20.2 Å². The maximum Gasteiger partial charge on any atom is 0.115 e.